The van der Waals surface area contributed by atoms with Gasteiger partial charge in [0, 0.05) is 18.9 Å². The van der Waals surface area contributed by atoms with Crippen molar-refractivity contribution in [3.05, 3.63) is 36.0 Å². The van der Waals surface area contributed by atoms with Gasteiger partial charge in [0.25, 0.3) is 0 Å². The van der Waals surface area contributed by atoms with Gasteiger partial charge in [-0.3, -0.25) is 4.79 Å². The van der Waals surface area contributed by atoms with E-state index in [0.29, 0.717) is 35.9 Å². The molecule has 3 N–H and O–H groups in total. The van der Waals surface area contributed by atoms with Gasteiger partial charge in [0.05, 0.1) is 6.20 Å². The quantitative estimate of drug-likeness (QED) is 0.901. The van der Waals surface area contributed by atoms with E-state index in [0.717, 1.165) is 18.4 Å². The molecule has 6 heteroatoms. The molecule has 0 aliphatic heterocycles. The first-order valence-corrected chi connectivity index (χ1v) is 7.75. The maximum atomic E-state index is 11.4. The topological polar surface area (TPSA) is 90.1 Å². The number of hydrogen-bond donors (Lipinski definition) is 2. The second-order valence-electron chi connectivity index (χ2n) is 5.81. The number of aryl methyl sites for hydroxylation is 1. The molecular weight excluding hydrogens is 292 g/mol. The van der Waals surface area contributed by atoms with E-state index in [1.54, 1.807) is 6.20 Å². The number of aromatic nitrogens is 2. The number of ketones is 1. The average molecular weight is 312 g/mol. The Morgan fingerprint density at radius 2 is 1.91 bits per heavy atom. The van der Waals surface area contributed by atoms with Gasteiger partial charge in [0.2, 0.25) is 5.95 Å². The number of nitrogens with one attached hydrogen (secondary N) is 1. The van der Waals surface area contributed by atoms with Crippen molar-refractivity contribution in [2.45, 2.75) is 38.6 Å². The lowest BCUT2D eigenvalue weighted by atomic mass is 9.94. The SMILES string of the molecule is Cc1ccc(Oc2cnc(N)nc2NC2CCC(=O)CC2)cc1. The summed E-state index contributed by atoms with van der Waals surface area (Å²) in [5.41, 5.74) is 6.86. The molecule has 0 radical (unpaired) electrons. The van der Waals surface area contributed by atoms with Gasteiger partial charge < -0.3 is 15.8 Å². The predicted molar refractivity (Wildman–Crippen MR) is 88.6 cm³/mol. The first-order valence-electron chi connectivity index (χ1n) is 7.75. The Labute approximate surface area is 135 Å². The van der Waals surface area contributed by atoms with Crippen molar-refractivity contribution < 1.29 is 9.53 Å². The zero-order valence-electron chi connectivity index (χ0n) is 13.1. The summed E-state index contributed by atoms with van der Waals surface area (Å²) in [7, 11) is 0. The second-order valence-corrected chi connectivity index (χ2v) is 5.81. The van der Waals surface area contributed by atoms with Gasteiger partial charge in [-0.15, -0.1) is 0 Å². The molecule has 2 aromatic rings. The zero-order chi connectivity index (χ0) is 16.2. The first-order chi connectivity index (χ1) is 11.1. The van der Waals surface area contributed by atoms with Gasteiger partial charge in [-0.2, -0.15) is 4.98 Å². The standard InChI is InChI=1S/C17H20N4O2/c1-11-2-8-14(9-3-11)23-15-10-19-17(18)21-16(15)20-12-4-6-13(22)7-5-12/h2-3,8-10,12H,4-7H2,1H3,(H3,18,19,20,21). The summed E-state index contributed by atoms with van der Waals surface area (Å²) in [5, 5.41) is 3.33. The molecular formula is C17H20N4O2. The van der Waals surface area contributed by atoms with E-state index in [4.69, 9.17) is 10.5 Å². The van der Waals surface area contributed by atoms with Crippen LogP contribution in [-0.2, 0) is 4.79 Å². The van der Waals surface area contributed by atoms with Crippen LogP contribution >= 0.6 is 0 Å². The minimum atomic E-state index is 0.190. The molecule has 6 nitrogen and oxygen atoms in total. The third-order valence-electron chi connectivity index (χ3n) is 3.91. The van der Waals surface area contributed by atoms with Crippen molar-refractivity contribution in [3.63, 3.8) is 0 Å². The fraction of sp³-hybridized carbons (Fsp3) is 0.353. The number of ether oxygens (including phenoxy) is 1. The third kappa shape index (κ3) is 3.97. The number of nitrogens with zero attached hydrogens (tertiary/aromatic N) is 2. The van der Waals surface area contributed by atoms with Crippen molar-refractivity contribution in [2.75, 3.05) is 11.1 Å². The number of carbonyl (C=O) groups excluding carboxylic acids is 1. The van der Waals surface area contributed by atoms with E-state index in [1.807, 2.05) is 31.2 Å². The number of Topliss-reactive ketones (excluding diaryl/α,β-unsaturated/α-hetero) is 1. The summed E-state index contributed by atoms with van der Waals surface area (Å²) in [5.74, 6) is 2.32. The van der Waals surface area contributed by atoms with E-state index < -0.39 is 0 Å². The molecule has 0 spiro atoms. The van der Waals surface area contributed by atoms with Crippen LogP contribution in [0.1, 0.15) is 31.2 Å². The molecule has 0 saturated heterocycles. The maximum absolute atomic E-state index is 11.4. The van der Waals surface area contributed by atoms with E-state index in [9.17, 15) is 4.79 Å². The highest BCUT2D eigenvalue weighted by Gasteiger charge is 2.20. The summed E-state index contributed by atoms with van der Waals surface area (Å²) >= 11 is 0. The molecule has 1 saturated carbocycles. The molecule has 120 valence electrons. The Kier molecular flexibility index (Phi) is 4.41. The van der Waals surface area contributed by atoms with Crippen LogP contribution in [0.2, 0.25) is 0 Å². The zero-order valence-corrected chi connectivity index (χ0v) is 13.1. The number of hydrogen-bond acceptors (Lipinski definition) is 6. The lowest BCUT2D eigenvalue weighted by Crippen LogP contribution is -2.26. The van der Waals surface area contributed by atoms with E-state index in [1.165, 1.54) is 0 Å². The fourth-order valence-electron chi connectivity index (χ4n) is 2.57. The lowest BCUT2D eigenvalue weighted by Gasteiger charge is -2.23. The minimum absolute atomic E-state index is 0.190. The number of rotatable bonds is 4. The van der Waals surface area contributed by atoms with Gasteiger partial charge in [0.15, 0.2) is 11.6 Å². The number of benzene rings is 1. The van der Waals surface area contributed by atoms with Crippen LogP contribution in [0.5, 0.6) is 11.5 Å². The Morgan fingerprint density at radius 3 is 2.61 bits per heavy atom. The van der Waals surface area contributed by atoms with Gasteiger partial charge >= 0.3 is 0 Å². The summed E-state index contributed by atoms with van der Waals surface area (Å²) in [6.45, 7) is 2.02. The maximum Gasteiger partial charge on any atom is 0.222 e. The minimum Gasteiger partial charge on any atom is -0.452 e. The summed E-state index contributed by atoms with van der Waals surface area (Å²) in [6.07, 6.45) is 4.37. The van der Waals surface area contributed by atoms with Crippen LogP contribution in [-0.4, -0.2) is 21.8 Å². The summed E-state index contributed by atoms with van der Waals surface area (Å²) < 4.78 is 5.87. The first kappa shape index (κ1) is 15.3. The molecule has 0 atom stereocenters. The molecule has 1 heterocycles. The highest BCUT2D eigenvalue weighted by Crippen LogP contribution is 2.30. The van der Waals surface area contributed by atoms with E-state index in [-0.39, 0.29) is 12.0 Å². The molecule has 0 unspecified atom stereocenters. The van der Waals surface area contributed by atoms with Gasteiger partial charge in [-0.05, 0) is 31.9 Å². The fourth-order valence-corrected chi connectivity index (χ4v) is 2.57. The van der Waals surface area contributed by atoms with Gasteiger partial charge in [0.1, 0.15) is 11.5 Å². The third-order valence-corrected chi connectivity index (χ3v) is 3.91. The number of anilines is 2. The van der Waals surface area contributed by atoms with E-state index >= 15 is 0 Å². The largest absolute Gasteiger partial charge is 0.452 e. The van der Waals surface area contributed by atoms with Crippen molar-refractivity contribution in [2.24, 2.45) is 0 Å². The molecule has 1 aromatic heterocycles. The molecule has 0 amide bonds. The Balaban J connectivity index is 1.77. The van der Waals surface area contributed by atoms with Crippen molar-refractivity contribution >= 4 is 17.5 Å². The lowest BCUT2D eigenvalue weighted by molar-refractivity contribution is -0.120. The van der Waals surface area contributed by atoms with Crippen LogP contribution in [0.15, 0.2) is 30.5 Å². The van der Waals surface area contributed by atoms with Crippen molar-refractivity contribution in [1.82, 2.24) is 9.97 Å². The number of nitrogens with two attached hydrogens (primary N) is 1. The molecule has 1 aliphatic carbocycles. The van der Waals surface area contributed by atoms with Crippen LogP contribution < -0.4 is 15.8 Å². The molecule has 0 bridgehead atoms. The van der Waals surface area contributed by atoms with Gasteiger partial charge in [-0.1, -0.05) is 17.7 Å². The highest BCUT2D eigenvalue weighted by atomic mass is 16.5. The summed E-state index contributed by atoms with van der Waals surface area (Å²) in [4.78, 5) is 19.6. The average Bonchev–Trinajstić information content (AvgIpc) is 2.54. The summed E-state index contributed by atoms with van der Waals surface area (Å²) in [6, 6.07) is 7.95. The Hall–Kier alpha value is -2.63. The van der Waals surface area contributed by atoms with Crippen LogP contribution in [0.4, 0.5) is 11.8 Å². The molecule has 23 heavy (non-hydrogen) atoms. The Morgan fingerprint density at radius 1 is 1.22 bits per heavy atom. The number of carbonyl (C=O) groups is 1. The highest BCUT2D eigenvalue weighted by molar-refractivity contribution is 5.79. The van der Waals surface area contributed by atoms with Crippen molar-refractivity contribution in [3.8, 4) is 11.5 Å². The normalized spacial score (nSPS) is 15.4. The van der Waals surface area contributed by atoms with E-state index in [2.05, 4.69) is 15.3 Å². The molecule has 3 rings (SSSR count). The second kappa shape index (κ2) is 6.64. The smallest absolute Gasteiger partial charge is 0.222 e. The predicted octanol–water partition coefficient (Wildman–Crippen LogP) is 3.08. The Bertz CT molecular complexity index is 690. The molecule has 1 aliphatic rings. The molecule has 1 aromatic carbocycles. The monoisotopic (exact) mass is 312 g/mol. The van der Waals surface area contributed by atoms with Crippen LogP contribution in [0, 0.1) is 6.92 Å². The van der Waals surface area contributed by atoms with Crippen molar-refractivity contribution in [1.29, 1.82) is 0 Å². The molecule has 1 fully saturated rings. The number of nitrogen functional groups attached to an aromatic ring is 1. The van der Waals surface area contributed by atoms with Crippen LogP contribution in [0.25, 0.3) is 0 Å². The van der Waals surface area contributed by atoms with Crippen LogP contribution in [0.3, 0.4) is 0 Å². The van der Waals surface area contributed by atoms with Gasteiger partial charge in [-0.25, -0.2) is 4.98 Å².